The molecule has 1 unspecified atom stereocenters. The van der Waals surface area contributed by atoms with Gasteiger partial charge in [-0.25, -0.2) is 8.42 Å². The zero-order valence-electron chi connectivity index (χ0n) is 7.97. The third-order valence-electron chi connectivity index (χ3n) is 0.942. The fraction of sp³-hybridized carbons (Fsp3) is 0.667. The molecule has 0 aliphatic carbocycles. The molecule has 0 rings (SSSR count). The maximum absolute atomic E-state index is 10.1. The van der Waals surface area contributed by atoms with Crippen molar-refractivity contribution in [3.63, 3.8) is 0 Å². The number of rotatable bonds is 6. The minimum atomic E-state index is -4.37. The summed E-state index contributed by atoms with van der Waals surface area (Å²) in [5.74, 6) is -0.815. The molecule has 0 radical (unpaired) electrons. The summed E-state index contributed by atoms with van der Waals surface area (Å²) >= 11 is 0. The Bertz CT molecular complexity index is 226. The molecule has 0 fully saturated rings. The first-order valence-electron chi connectivity index (χ1n) is 3.26. The molecule has 6 nitrogen and oxygen atoms in total. The number of aliphatic hydroxyl groups is 1. The molecule has 0 aliphatic heterocycles. The van der Waals surface area contributed by atoms with Crippen LogP contribution in [0.5, 0.6) is 0 Å². The third kappa shape index (κ3) is 15.0. The van der Waals surface area contributed by atoms with E-state index in [1.54, 1.807) is 0 Å². The summed E-state index contributed by atoms with van der Waals surface area (Å²) in [7, 11) is -4.37. The minimum Gasteiger partial charge on any atom is -0.748 e. The van der Waals surface area contributed by atoms with Crippen molar-refractivity contribution in [1.82, 2.24) is 0 Å². The van der Waals surface area contributed by atoms with Crippen molar-refractivity contribution in [2.24, 2.45) is 0 Å². The van der Waals surface area contributed by atoms with Crippen molar-refractivity contribution in [2.75, 3.05) is 19.0 Å². The summed E-state index contributed by atoms with van der Waals surface area (Å²) in [4.78, 5) is 0. The van der Waals surface area contributed by atoms with E-state index in [2.05, 4.69) is 6.58 Å². The van der Waals surface area contributed by atoms with Crippen LogP contribution in [0.2, 0.25) is 0 Å². The van der Waals surface area contributed by atoms with Gasteiger partial charge >= 0.3 is 29.6 Å². The van der Waals surface area contributed by atoms with Gasteiger partial charge in [0.15, 0.2) is 0 Å². The third-order valence-corrected chi connectivity index (χ3v) is 1.74. The van der Waals surface area contributed by atoms with Crippen LogP contribution < -0.4 is 29.6 Å². The van der Waals surface area contributed by atoms with Gasteiger partial charge < -0.3 is 19.9 Å². The number of ether oxygens (including phenoxy) is 1. The van der Waals surface area contributed by atoms with Crippen molar-refractivity contribution < 1.29 is 57.8 Å². The molecule has 0 amide bonds. The molecule has 0 aromatic heterocycles. The van der Waals surface area contributed by atoms with E-state index in [4.69, 9.17) is 9.84 Å². The van der Waals surface area contributed by atoms with E-state index in [0.717, 1.165) is 0 Å². The maximum atomic E-state index is 10.1. The van der Waals surface area contributed by atoms with Gasteiger partial charge in [-0.1, -0.05) is 6.08 Å². The second-order valence-electron chi connectivity index (χ2n) is 2.20. The maximum Gasteiger partial charge on any atom is 1.00 e. The Morgan fingerprint density at radius 1 is 1.57 bits per heavy atom. The Morgan fingerprint density at radius 2 is 2.07 bits per heavy atom. The molecule has 0 saturated carbocycles. The summed E-state index contributed by atoms with van der Waals surface area (Å²) < 4.78 is 35.0. The Kier molecular flexibility index (Phi) is 14.4. The topological polar surface area (TPSA) is 118 Å². The minimum absolute atomic E-state index is 0. The molecule has 80 valence electrons. The Morgan fingerprint density at radius 3 is 2.43 bits per heavy atom. The first-order chi connectivity index (χ1) is 5.45. The first-order valence-corrected chi connectivity index (χ1v) is 4.83. The molecule has 3 N–H and O–H groups in total. The largest absolute Gasteiger partial charge is 1.00 e. The Labute approximate surface area is 105 Å². The van der Waals surface area contributed by atoms with Crippen LogP contribution in [-0.4, -0.2) is 48.6 Å². The van der Waals surface area contributed by atoms with Gasteiger partial charge in [-0.3, -0.25) is 0 Å². The Balaban J connectivity index is -0.000000605. The van der Waals surface area contributed by atoms with E-state index >= 15 is 0 Å². The van der Waals surface area contributed by atoms with Crippen molar-refractivity contribution in [3.8, 4) is 0 Å². The number of hydrogen-bond acceptors (Lipinski definition) is 5. The van der Waals surface area contributed by atoms with Gasteiger partial charge in [-0.2, -0.15) is 0 Å². The van der Waals surface area contributed by atoms with Crippen LogP contribution in [0.3, 0.4) is 0 Å². The summed E-state index contributed by atoms with van der Waals surface area (Å²) in [6.45, 7) is 3.39. The second-order valence-corrected chi connectivity index (χ2v) is 3.65. The molecular weight excluding hydrogens is 223 g/mol. The van der Waals surface area contributed by atoms with Crippen LogP contribution in [-0.2, 0) is 14.9 Å². The van der Waals surface area contributed by atoms with Gasteiger partial charge in [0.2, 0.25) is 0 Å². The van der Waals surface area contributed by atoms with Gasteiger partial charge in [0.25, 0.3) is 0 Å². The van der Waals surface area contributed by atoms with Crippen LogP contribution >= 0.6 is 0 Å². The van der Waals surface area contributed by atoms with E-state index in [0.29, 0.717) is 0 Å². The van der Waals surface area contributed by atoms with Crippen molar-refractivity contribution in [1.29, 1.82) is 0 Å². The quantitative estimate of drug-likeness (QED) is 0.215. The van der Waals surface area contributed by atoms with Crippen molar-refractivity contribution in [2.45, 2.75) is 6.10 Å². The molecule has 0 aliphatic rings. The zero-order valence-corrected chi connectivity index (χ0v) is 10.8. The monoisotopic (exact) mass is 236 g/mol. The normalized spacial score (nSPS) is 12.1. The average Bonchev–Trinajstić information content (AvgIpc) is 1.84. The van der Waals surface area contributed by atoms with Crippen LogP contribution in [0.15, 0.2) is 12.7 Å². The Hall–Kier alpha value is 0.530. The van der Waals surface area contributed by atoms with Crippen LogP contribution in [0.1, 0.15) is 0 Å². The molecule has 1 atom stereocenters. The second kappa shape index (κ2) is 10.1. The molecular formula is C6H13NaO6S. The molecule has 0 saturated heterocycles. The summed E-state index contributed by atoms with van der Waals surface area (Å²) in [6, 6.07) is 0. The molecule has 0 aromatic rings. The zero-order chi connectivity index (χ0) is 9.61. The fourth-order valence-electron chi connectivity index (χ4n) is 0.571. The molecule has 8 heteroatoms. The molecule has 0 bridgehead atoms. The molecule has 14 heavy (non-hydrogen) atoms. The predicted octanol–water partition coefficient (Wildman–Crippen LogP) is -4.73. The van der Waals surface area contributed by atoms with E-state index in [9.17, 15) is 13.0 Å². The number of aliphatic hydroxyl groups excluding tert-OH is 1. The van der Waals surface area contributed by atoms with Gasteiger partial charge in [0.1, 0.15) is 0 Å². The molecule has 0 spiro atoms. The average molecular weight is 236 g/mol. The molecule has 0 aromatic carbocycles. The van der Waals surface area contributed by atoms with Gasteiger partial charge in [0, 0.05) is 0 Å². The predicted molar refractivity (Wildman–Crippen MR) is 45.2 cm³/mol. The van der Waals surface area contributed by atoms with Crippen molar-refractivity contribution >= 4 is 10.1 Å². The van der Waals surface area contributed by atoms with E-state index in [1.807, 2.05) is 0 Å². The first kappa shape index (κ1) is 20.0. The SMILES string of the molecule is C=CCOCC(O)CS(=O)(=O)[O-].O.[Na+]. The van der Waals surface area contributed by atoms with Crippen LogP contribution in [0, 0.1) is 0 Å². The summed E-state index contributed by atoms with van der Waals surface area (Å²) in [5.41, 5.74) is 0. The van der Waals surface area contributed by atoms with Gasteiger partial charge in [-0.05, 0) is 0 Å². The van der Waals surface area contributed by atoms with Crippen LogP contribution in [0.4, 0.5) is 0 Å². The smallest absolute Gasteiger partial charge is 0.748 e. The summed E-state index contributed by atoms with van der Waals surface area (Å²) in [6.07, 6.45) is 0.200. The van der Waals surface area contributed by atoms with E-state index < -0.39 is 22.0 Å². The van der Waals surface area contributed by atoms with Crippen LogP contribution in [0.25, 0.3) is 0 Å². The molecule has 0 heterocycles. The van der Waals surface area contributed by atoms with Gasteiger partial charge in [-0.15, -0.1) is 6.58 Å². The standard InChI is InChI=1S/C6H12O5S.Na.H2O/c1-2-3-11-4-6(7)5-12(8,9)10;;/h2,6-7H,1,3-5H2,(H,8,9,10);;1H2/q;+1;/p-1. The van der Waals surface area contributed by atoms with E-state index in [-0.39, 0.29) is 48.2 Å². The fourth-order valence-corrected chi connectivity index (χ4v) is 1.14. The number of hydrogen-bond donors (Lipinski definition) is 1. The van der Waals surface area contributed by atoms with Crippen molar-refractivity contribution in [3.05, 3.63) is 12.7 Å². The van der Waals surface area contributed by atoms with E-state index in [1.165, 1.54) is 6.08 Å². The van der Waals surface area contributed by atoms with Gasteiger partial charge in [0.05, 0.1) is 35.2 Å². The summed E-state index contributed by atoms with van der Waals surface area (Å²) in [5, 5.41) is 8.87.